The molecule has 1 fully saturated rings. The number of amides is 1. The van der Waals surface area contributed by atoms with Crippen LogP contribution < -0.4 is 9.80 Å². The highest BCUT2D eigenvalue weighted by atomic mass is 32.1. The van der Waals surface area contributed by atoms with Crippen molar-refractivity contribution in [3.05, 3.63) is 58.1 Å². The summed E-state index contributed by atoms with van der Waals surface area (Å²) in [6.07, 6.45) is 0. The number of fused-ring (bicyclic) bond motifs is 1. The van der Waals surface area contributed by atoms with E-state index < -0.39 is 0 Å². The van der Waals surface area contributed by atoms with Gasteiger partial charge in [0.2, 0.25) is 0 Å². The maximum Gasteiger partial charge on any atom is 0.260 e. The van der Waals surface area contributed by atoms with Crippen LogP contribution in [0.5, 0.6) is 0 Å². The van der Waals surface area contributed by atoms with E-state index >= 15 is 0 Å². The van der Waals surface area contributed by atoms with Gasteiger partial charge in [-0.1, -0.05) is 29.5 Å². The largest absolute Gasteiger partial charge is 0.370 e. The lowest BCUT2D eigenvalue weighted by atomic mass is 10.1. The van der Waals surface area contributed by atoms with E-state index in [1.165, 1.54) is 20.7 Å². The Morgan fingerprint density at radius 3 is 2.43 bits per heavy atom. The van der Waals surface area contributed by atoms with Crippen LogP contribution in [0.3, 0.4) is 0 Å². The fourth-order valence-corrected chi connectivity index (χ4v) is 4.99. The third-order valence-electron chi connectivity index (χ3n) is 6.05. The Labute approximate surface area is 182 Å². The van der Waals surface area contributed by atoms with Gasteiger partial charge in [-0.2, -0.15) is 0 Å². The summed E-state index contributed by atoms with van der Waals surface area (Å²) < 4.78 is 6.66. The van der Waals surface area contributed by atoms with E-state index in [0.29, 0.717) is 6.54 Å². The molecule has 1 saturated heterocycles. The number of benzene rings is 2. The molecule has 0 unspecified atom stereocenters. The molecule has 1 aliphatic rings. The normalized spacial score (nSPS) is 14.9. The van der Waals surface area contributed by atoms with Gasteiger partial charge in [0, 0.05) is 5.56 Å². The van der Waals surface area contributed by atoms with Gasteiger partial charge in [-0.3, -0.25) is 9.69 Å². The van der Waals surface area contributed by atoms with E-state index in [2.05, 4.69) is 39.8 Å². The first-order valence-corrected chi connectivity index (χ1v) is 11.4. The number of hydrogen-bond donors (Lipinski definition) is 1. The molecule has 0 spiro atoms. The molecule has 0 aliphatic carbocycles. The number of thiazole rings is 1. The zero-order chi connectivity index (χ0) is 21.3. The van der Waals surface area contributed by atoms with Crippen molar-refractivity contribution >= 4 is 32.6 Å². The summed E-state index contributed by atoms with van der Waals surface area (Å²) in [5.74, 6) is 0.0279. The van der Waals surface area contributed by atoms with Crippen LogP contribution >= 0.6 is 11.3 Å². The van der Waals surface area contributed by atoms with Crippen LogP contribution in [-0.4, -0.2) is 50.3 Å². The van der Waals surface area contributed by atoms with Crippen molar-refractivity contribution in [3.63, 3.8) is 0 Å². The van der Waals surface area contributed by atoms with Gasteiger partial charge in [-0.15, -0.1) is 0 Å². The fourth-order valence-electron chi connectivity index (χ4n) is 3.86. The van der Waals surface area contributed by atoms with Gasteiger partial charge in [0.1, 0.15) is 13.1 Å². The molecule has 1 amide bonds. The molecule has 0 bridgehead atoms. The number of hydrogen-bond acceptors (Lipinski definition) is 4. The third-order valence-corrected chi connectivity index (χ3v) is 7.26. The average molecular weight is 425 g/mol. The number of nitrogens with zero attached hydrogens (tertiary/aromatic N) is 2. The zero-order valence-corrected chi connectivity index (χ0v) is 19.1. The monoisotopic (exact) mass is 424 g/mol. The van der Waals surface area contributed by atoms with Gasteiger partial charge in [0.05, 0.1) is 36.5 Å². The molecule has 0 saturated carbocycles. The number of nitrogens with one attached hydrogen (secondary N) is 1. The summed E-state index contributed by atoms with van der Waals surface area (Å²) in [6.45, 7) is 13.4. The lowest BCUT2D eigenvalue weighted by Crippen LogP contribution is -3.14. The Morgan fingerprint density at radius 2 is 1.73 bits per heavy atom. The van der Waals surface area contributed by atoms with Crippen molar-refractivity contribution in [2.75, 3.05) is 44.3 Å². The van der Waals surface area contributed by atoms with Crippen molar-refractivity contribution in [2.45, 2.75) is 27.7 Å². The fraction of sp³-hybridized carbons (Fsp3) is 0.417. The minimum Gasteiger partial charge on any atom is -0.370 e. The quantitative estimate of drug-likeness (QED) is 0.685. The van der Waals surface area contributed by atoms with Crippen LogP contribution in [0.4, 0.5) is 5.13 Å². The number of rotatable bonds is 5. The molecule has 30 heavy (non-hydrogen) atoms. The van der Waals surface area contributed by atoms with Gasteiger partial charge in [0.25, 0.3) is 5.91 Å². The molecular weight excluding hydrogens is 394 g/mol. The lowest BCUT2D eigenvalue weighted by Gasteiger charge is -2.27. The summed E-state index contributed by atoms with van der Waals surface area (Å²) in [6, 6.07) is 10.2. The maximum atomic E-state index is 13.6. The average Bonchev–Trinajstić information content (AvgIpc) is 3.20. The Balaban J connectivity index is 1.69. The van der Waals surface area contributed by atoms with Gasteiger partial charge in [-0.25, -0.2) is 4.98 Å². The number of aryl methyl sites for hydroxylation is 4. The summed E-state index contributed by atoms with van der Waals surface area (Å²) in [7, 11) is 0. The van der Waals surface area contributed by atoms with Crippen molar-refractivity contribution < 1.29 is 14.4 Å². The van der Waals surface area contributed by atoms with Crippen LogP contribution in [0, 0.1) is 27.7 Å². The number of carbonyl (C=O) groups excluding carboxylic acids is 1. The maximum absolute atomic E-state index is 13.6. The first-order chi connectivity index (χ1) is 14.4. The smallest absolute Gasteiger partial charge is 0.260 e. The zero-order valence-electron chi connectivity index (χ0n) is 18.2. The van der Waals surface area contributed by atoms with Crippen molar-refractivity contribution in [1.29, 1.82) is 0 Å². The predicted octanol–water partition coefficient (Wildman–Crippen LogP) is 3.09. The van der Waals surface area contributed by atoms with E-state index in [4.69, 9.17) is 9.72 Å². The molecule has 0 atom stereocenters. The summed E-state index contributed by atoms with van der Waals surface area (Å²) in [5, 5.41) is 0.790. The number of aromatic nitrogens is 1. The topological polar surface area (TPSA) is 46.9 Å². The standard InChI is InChI=1S/C24H29N3O2S/c1-16-7-8-20(15-19(16)4)23(28)27(10-9-26-11-13-29-14-12-26)24-25-21-17(2)5-6-18(3)22(21)30-24/h5-8,15H,9-14H2,1-4H3/p+1. The second kappa shape index (κ2) is 8.84. The lowest BCUT2D eigenvalue weighted by molar-refractivity contribution is -0.906. The second-order valence-electron chi connectivity index (χ2n) is 8.24. The molecule has 2 heterocycles. The number of quaternary nitrogens is 1. The number of morpholine rings is 1. The van der Waals surface area contributed by atoms with Crippen molar-refractivity contribution in [2.24, 2.45) is 0 Å². The molecule has 0 radical (unpaired) electrons. The first kappa shape index (κ1) is 21.0. The minimum absolute atomic E-state index is 0.0279. The highest BCUT2D eigenvalue weighted by Crippen LogP contribution is 2.33. The summed E-state index contributed by atoms with van der Waals surface area (Å²) in [5.41, 5.74) is 6.42. The molecule has 158 valence electrons. The van der Waals surface area contributed by atoms with Crippen molar-refractivity contribution in [1.82, 2.24) is 4.98 Å². The van der Waals surface area contributed by atoms with Crippen LogP contribution in [0.25, 0.3) is 10.2 Å². The highest BCUT2D eigenvalue weighted by molar-refractivity contribution is 7.22. The van der Waals surface area contributed by atoms with Crippen LogP contribution in [0.15, 0.2) is 30.3 Å². The Hall–Kier alpha value is -2.28. The summed E-state index contributed by atoms with van der Waals surface area (Å²) >= 11 is 1.62. The van der Waals surface area contributed by atoms with E-state index in [0.717, 1.165) is 60.2 Å². The van der Waals surface area contributed by atoms with Crippen LogP contribution in [-0.2, 0) is 4.74 Å². The first-order valence-electron chi connectivity index (χ1n) is 10.6. The second-order valence-corrected chi connectivity index (χ2v) is 9.22. The van der Waals surface area contributed by atoms with Gasteiger partial charge in [-0.05, 0) is 62.1 Å². The predicted molar refractivity (Wildman–Crippen MR) is 123 cm³/mol. The molecule has 1 aliphatic heterocycles. The molecule has 2 aromatic carbocycles. The van der Waals surface area contributed by atoms with E-state index in [9.17, 15) is 4.79 Å². The SMILES string of the molecule is Cc1ccc(C(=O)N(CC[NH+]2CCOCC2)c2nc3c(C)ccc(C)c3s2)cc1C. The van der Waals surface area contributed by atoms with Crippen LogP contribution in [0.2, 0.25) is 0 Å². The van der Waals surface area contributed by atoms with E-state index in [-0.39, 0.29) is 5.91 Å². The third kappa shape index (κ3) is 4.26. The van der Waals surface area contributed by atoms with Gasteiger partial charge < -0.3 is 9.64 Å². The van der Waals surface area contributed by atoms with E-state index in [1.54, 1.807) is 11.3 Å². The van der Waals surface area contributed by atoms with Gasteiger partial charge >= 0.3 is 0 Å². The molecule has 1 N–H and O–H groups in total. The molecule has 4 rings (SSSR count). The highest BCUT2D eigenvalue weighted by Gasteiger charge is 2.25. The molecular formula is C24H30N3O2S+. The number of ether oxygens (including phenoxy) is 1. The van der Waals surface area contributed by atoms with E-state index in [1.807, 2.05) is 23.1 Å². The van der Waals surface area contributed by atoms with Gasteiger partial charge in [0.15, 0.2) is 5.13 Å². The Kier molecular flexibility index (Phi) is 6.18. The Morgan fingerprint density at radius 1 is 1.03 bits per heavy atom. The van der Waals surface area contributed by atoms with Crippen molar-refractivity contribution in [3.8, 4) is 0 Å². The minimum atomic E-state index is 0.0279. The molecule has 6 heteroatoms. The number of carbonyl (C=O) groups is 1. The Bertz CT molecular complexity index is 1030. The molecule has 3 aromatic rings. The molecule has 5 nitrogen and oxygen atoms in total. The number of anilines is 1. The summed E-state index contributed by atoms with van der Waals surface area (Å²) in [4.78, 5) is 21.9. The molecule has 1 aromatic heterocycles. The van der Waals surface area contributed by atoms with Crippen LogP contribution in [0.1, 0.15) is 32.6 Å².